The molecule has 1 atom stereocenters. The highest BCUT2D eigenvalue weighted by Crippen LogP contribution is 2.24. The van der Waals surface area contributed by atoms with E-state index in [0.29, 0.717) is 6.54 Å². The van der Waals surface area contributed by atoms with Gasteiger partial charge in [0.1, 0.15) is 6.04 Å². The summed E-state index contributed by atoms with van der Waals surface area (Å²) in [5, 5.41) is 2.43. The highest BCUT2D eigenvalue weighted by atomic mass is 19.4. The van der Waals surface area contributed by atoms with Crippen molar-refractivity contribution in [2.45, 2.75) is 39.4 Å². The van der Waals surface area contributed by atoms with Crippen LogP contribution < -0.4 is 5.32 Å². The van der Waals surface area contributed by atoms with Crippen LogP contribution in [0.25, 0.3) is 0 Å². The second-order valence-electron chi connectivity index (χ2n) is 3.28. The van der Waals surface area contributed by atoms with Gasteiger partial charge in [0.05, 0.1) is 0 Å². The molecule has 0 amide bonds. The monoisotopic (exact) mass is 183 g/mol. The first kappa shape index (κ1) is 11.8. The number of hydrogen-bond acceptors (Lipinski definition) is 1. The van der Waals surface area contributed by atoms with Crippen LogP contribution >= 0.6 is 0 Å². The van der Waals surface area contributed by atoms with Crippen molar-refractivity contribution in [1.29, 1.82) is 0 Å². The smallest absolute Gasteiger partial charge is 0.306 e. The number of rotatable bonds is 4. The summed E-state index contributed by atoms with van der Waals surface area (Å²) in [4.78, 5) is 0. The van der Waals surface area contributed by atoms with Crippen LogP contribution in [0.4, 0.5) is 13.2 Å². The molecule has 1 nitrogen and oxygen atoms in total. The quantitative estimate of drug-likeness (QED) is 0.706. The second kappa shape index (κ2) is 4.70. The van der Waals surface area contributed by atoms with Crippen LogP contribution in [-0.2, 0) is 0 Å². The molecule has 0 rings (SSSR count). The van der Waals surface area contributed by atoms with Gasteiger partial charge in [-0.2, -0.15) is 13.2 Å². The van der Waals surface area contributed by atoms with Crippen molar-refractivity contribution < 1.29 is 13.2 Å². The van der Waals surface area contributed by atoms with Crippen LogP contribution in [0.3, 0.4) is 0 Å². The van der Waals surface area contributed by atoms with Gasteiger partial charge in [0.2, 0.25) is 0 Å². The Bertz CT molecular complexity index is 120. The lowest BCUT2D eigenvalue weighted by Crippen LogP contribution is -2.42. The molecule has 0 aromatic heterocycles. The Morgan fingerprint density at radius 1 is 1.25 bits per heavy atom. The van der Waals surface area contributed by atoms with E-state index in [9.17, 15) is 13.2 Å². The van der Waals surface area contributed by atoms with Crippen LogP contribution in [0.1, 0.15) is 27.2 Å². The summed E-state index contributed by atoms with van der Waals surface area (Å²) in [6, 6.07) is -1.34. The van der Waals surface area contributed by atoms with Gasteiger partial charge in [-0.25, -0.2) is 0 Å². The lowest BCUT2D eigenvalue weighted by molar-refractivity contribution is -0.158. The van der Waals surface area contributed by atoms with Crippen molar-refractivity contribution in [2.75, 3.05) is 6.54 Å². The second-order valence-corrected chi connectivity index (χ2v) is 3.28. The van der Waals surface area contributed by atoms with Crippen molar-refractivity contribution >= 4 is 0 Å². The molecule has 0 bridgehead atoms. The van der Waals surface area contributed by atoms with Crippen LogP contribution in [0.2, 0.25) is 0 Å². The fourth-order valence-corrected chi connectivity index (χ4v) is 1.05. The molecule has 0 aromatic carbocycles. The highest BCUT2D eigenvalue weighted by molar-refractivity contribution is 4.75. The highest BCUT2D eigenvalue weighted by Gasteiger charge is 2.38. The molecule has 0 heterocycles. The molecule has 0 saturated carbocycles. The minimum atomic E-state index is -4.11. The van der Waals surface area contributed by atoms with E-state index in [0.717, 1.165) is 0 Å². The summed E-state index contributed by atoms with van der Waals surface area (Å²) in [5.41, 5.74) is 0. The summed E-state index contributed by atoms with van der Waals surface area (Å²) in [6.45, 7) is 5.61. The van der Waals surface area contributed by atoms with Gasteiger partial charge in [0, 0.05) is 0 Å². The van der Waals surface area contributed by atoms with Gasteiger partial charge < -0.3 is 5.32 Å². The van der Waals surface area contributed by atoms with E-state index in [1.54, 1.807) is 20.8 Å². The predicted octanol–water partition coefficient (Wildman–Crippen LogP) is 2.57. The summed E-state index contributed by atoms with van der Waals surface area (Å²) >= 11 is 0. The van der Waals surface area contributed by atoms with Crippen molar-refractivity contribution in [2.24, 2.45) is 5.92 Å². The fraction of sp³-hybridized carbons (Fsp3) is 1.00. The van der Waals surface area contributed by atoms with E-state index in [1.807, 2.05) is 0 Å². The standard InChI is InChI=1S/C8H16F3N/c1-4-12-7(5-6(2)3)8(9,10)11/h6-7,12H,4-5H2,1-3H3. The third kappa shape index (κ3) is 4.59. The zero-order valence-corrected chi connectivity index (χ0v) is 7.70. The first-order valence-electron chi connectivity index (χ1n) is 4.18. The topological polar surface area (TPSA) is 12.0 Å². The molecule has 0 aliphatic carbocycles. The van der Waals surface area contributed by atoms with E-state index in [4.69, 9.17) is 0 Å². The Morgan fingerprint density at radius 3 is 2.00 bits per heavy atom. The van der Waals surface area contributed by atoms with Gasteiger partial charge in [-0.05, 0) is 18.9 Å². The molecule has 74 valence electrons. The molecular formula is C8H16F3N. The van der Waals surface area contributed by atoms with Crippen LogP contribution in [0, 0.1) is 5.92 Å². The van der Waals surface area contributed by atoms with Gasteiger partial charge in [-0.3, -0.25) is 0 Å². The average Bonchev–Trinajstić information content (AvgIpc) is 1.83. The third-order valence-corrected chi connectivity index (χ3v) is 1.55. The summed E-state index contributed by atoms with van der Waals surface area (Å²) < 4.78 is 36.6. The molecule has 1 N–H and O–H groups in total. The maximum atomic E-state index is 12.2. The summed E-state index contributed by atoms with van der Waals surface area (Å²) in [7, 11) is 0. The van der Waals surface area contributed by atoms with Crippen molar-refractivity contribution in [3.8, 4) is 0 Å². The maximum Gasteiger partial charge on any atom is 0.403 e. The molecule has 0 fully saturated rings. The van der Waals surface area contributed by atoms with Crippen molar-refractivity contribution in [3.05, 3.63) is 0 Å². The molecule has 0 aliphatic rings. The average molecular weight is 183 g/mol. The zero-order chi connectivity index (χ0) is 9.78. The van der Waals surface area contributed by atoms with E-state index < -0.39 is 12.2 Å². The molecule has 0 aromatic rings. The lowest BCUT2D eigenvalue weighted by Gasteiger charge is -2.22. The Hall–Kier alpha value is -0.250. The number of hydrogen-bond donors (Lipinski definition) is 1. The van der Waals surface area contributed by atoms with E-state index in [-0.39, 0.29) is 12.3 Å². The zero-order valence-electron chi connectivity index (χ0n) is 7.70. The third-order valence-electron chi connectivity index (χ3n) is 1.55. The first-order chi connectivity index (χ1) is 5.38. The number of nitrogens with one attached hydrogen (secondary N) is 1. The van der Waals surface area contributed by atoms with Gasteiger partial charge in [-0.1, -0.05) is 20.8 Å². The summed E-state index contributed by atoms with van der Waals surface area (Å²) in [5.74, 6) is 0.0654. The molecule has 4 heteroatoms. The minimum absolute atomic E-state index is 0.0654. The molecule has 0 aliphatic heterocycles. The molecule has 0 spiro atoms. The van der Waals surface area contributed by atoms with Crippen molar-refractivity contribution in [1.82, 2.24) is 5.32 Å². The first-order valence-corrected chi connectivity index (χ1v) is 4.18. The predicted molar refractivity (Wildman–Crippen MR) is 43.0 cm³/mol. The number of alkyl halides is 3. The molecule has 0 radical (unpaired) electrons. The number of halogens is 3. The Kier molecular flexibility index (Phi) is 4.60. The van der Waals surface area contributed by atoms with E-state index in [1.165, 1.54) is 0 Å². The van der Waals surface area contributed by atoms with Crippen LogP contribution in [0.5, 0.6) is 0 Å². The van der Waals surface area contributed by atoms with Gasteiger partial charge >= 0.3 is 6.18 Å². The molecule has 0 saturated heterocycles. The Labute approximate surface area is 71.3 Å². The normalized spacial score (nSPS) is 15.2. The molecule has 1 unspecified atom stereocenters. The maximum absolute atomic E-state index is 12.2. The van der Waals surface area contributed by atoms with Crippen LogP contribution in [0.15, 0.2) is 0 Å². The van der Waals surface area contributed by atoms with Gasteiger partial charge in [0.15, 0.2) is 0 Å². The lowest BCUT2D eigenvalue weighted by atomic mass is 10.0. The molecule has 12 heavy (non-hydrogen) atoms. The minimum Gasteiger partial charge on any atom is -0.306 e. The Balaban J connectivity index is 4.04. The Morgan fingerprint density at radius 2 is 1.75 bits per heavy atom. The van der Waals surface area contributed by atoms with Gasteiger partial charge in [0.25, 0.3) is 0 Å². The van der Waals surface area contributed by atoms with E-state index in [2.05, 4.69) is 5.32 Å². The van der Waals surface area contributed by atoms with E-state index >= 15 is 0 Å². The summed E-state index contributed by atoms with van der Waals surface area (Å²) in [6.07, 6.45) is -3.96. The van der Waals surface area contributed by atoms with Crippen molar-refractivity contribution in [3.63, 3.8) is 0 Å². The van der Waals surface area contributed by atoms with Gasteiger partial charge in [-0.15, -0.1) is 0 Å². The fourth-order valence-electron chi connectivity index (χ4n) is 1.05. The van der Waals surface area contributed by atoms with Crippen LogP contribution in [-0.4, -0.2) is 18.8 Å². The SMILES string of the molecule is CCNC(CC(C)C)C(F)(F)F. The largest absolute Gasteiger partial charge is 0.403 e. The molecular weight excluding hydrogens is 167 g/mol.